The predicted molar refractivity (Wildman–Crippen MR) is 114 cm³/mol. The van der Waals surface area contributed by atoms with Gasteiger partial charge in [0.1, 0.15) is 12.0 Å². The van der Waals surface area contributed by atoms with Crippen molar-refractivity contribution in [2.75, 3.05) is 5.32 Å². The lowest BCUT2D eigenvalue weighted by Crippen LogP contribution is -2.15. The van der Waals surface area contributed by atoms with Gasteiger partial charge in [-0.15, -0.1) is 10.2 Å². The number of nitrogens with one attached hydrogen (secondary N) is 1. The molecule has 1 aliphatic rings. The standard InChI is InChI=1S/C22H21FN6O/c1-3-24-12-14(2)15-9-10-25-19(11-15)22(30)27-18-6-4-5-17(20(18)23)21-28-26-13-29(21)16-7-8-16/h3-6,9-13,16H,7-8H2,1-2H3,(H,27,30)/b14-12+,24-3-. The number of carbonyl (C=O) groups is 1. The fourth-order valence-electron chi connectivity index (χ4n) is 3.10. The first-order chi connectivity index (χ1) is 14.6. The van der Waals surface area contributed by atoms with Crippen molar-refractivity contribution < 1.29 is 9.18 Å². The minimum atomic E-state index is -0.551. The zero-order chi connectivity index (χ0) is 21.1. The molecule has 2 aromatic heterocycles. The number of pyridine rings is 1. The number of rotatable bonds is 6. The Labute approximate surface area is 173 Å². The van der Waals surface area contributed by atoms with E-state index in [0.717, 1.165) is 24.0 Å². The molecule has 1 saturated carbocycles. The van der Waals surface area contributed by atoms with Crippen LogP contribution in [0.15, 0.2) is 54.0 Å². The van der Waals surface area contributed by atoms with Gasteiger partial charge in [-0.2, -0.15) is 0 Å². The molecule has 30 heavy (non-hydrogen) atoms. The van der Waals surface area contributed by atoms with E-state index >= 15 is 4.39 Å². The summed E-state index contributed by atoms with van der Waals surface area (Å²) in [6.45, 7) is 3.72. The Morgan fingerprint density at radius 3 is 2.93 bits per heavy atom. The van der Waals surface area contributed by atoms with E-state index in [4.69, 9.17) is 0 Å². The van der Waals surface area contributed by atoms with Gasteiger partial charge in [-0.25, -0.2) is 4.39 Å². The van der Waals surface area contributed by atoms with Crippen LogP contribution < -0.4 is 5.32 Å². The fraction of sp³-hybridized carbons (Fsp3) is 0.227. The normalized spacial score (nSPS) is 14.3. The summed E-state index contributed by atoms with van der Waals surface area (Å²) >= 11 is 0. The van der Waals surface area contributed by atoms with E-state index in [9.17, 15) is 4.79 Å². The smallest absolute Gasteiger partial charge is 0.274 e. The van der Waals surface area contributed by atoms with E-state index in [-0.39, 0.29) is 11.4 Å². The average Bonchev–Trinajstić information content (AvgIpc) is 3.50. The van der Waals surface area contributed by atoms with Crippen molar-refractivity contribution in [3.63, 3.8) is 0 Å². The van der Waals surface area contributed by atoms with Gasteiger partial charge in [-0.1, -0.05) is 6.07 Å². The van der Waals surface area contributed by atoms with Crippen LogP contribution in [0.2, 0.25) is 0 Å². The van der Waals surface area contributed by atoms with E-state index in [1.165, 1.54) is 6.07 Å². The van der Waals surface area contributed by atoms with Gasteiger partial charge in [0, 0.05) is 24.7 Å². The zero-order valence-corrected chi connectivity index (χ0v) is 16.7. The van der Waals surface area contributed by atoms with E-state index in [1.54, 1.807) is 49.2 Å². The molecule has 152 valence electrons. The Kier molecular flexibility index (Phi) is 5.47. The molecule has 0 unspecified atom stereocenters. The number of aliphatic imine (C=N–C) groups is 1. The Balaban J connectivity index is 1.59. The van der Waals surface area contributed by atoms with Crippen LogP contribution in [-0.4, -0.2) is 31.9 Å². The van der Waals surface area contributed by atoms with Crippen LogP contribution in [0.25, 0.3) is 17.0 Å². The fourth-order valence-corrected chi connectivity index (χ4v) is 3.10. The van der Waals surface area contributed by atoms with Crippen molar-refractivity contribution in [1.29, 1.82) is 0 Å². The third-order valence-corrected chi connectivity index (χ3v) is 4.87. The first-order valence-corrected chi connectivity index (χ1v) is 9.69. The van der Waals surface area contributed by atoms with Crippen LogP contribution >= 0.6 is 0 Å². The molecule has 8 heteroatoms. The molecule has 1 fully saturated rings. The number of nitrogens with zero attached hydrogens (tertiary/aromatic N) is 5. The first kappa shape index (κ1) is 19.6. The summed E-state index contributed by atoms with van der Waals surface area (Å²) in [6.07, 6.45) is 8.60. The molecule has 3 aromatic rings. The molecular formula is C22H21FN6O. The van der Waals surface area contributed by atoms with Crippen molar-refractivity contribution >= 4 is 23.4 Å². The number of allylic oxidation sites excluding steroid dienone is 1. The lowest BCUT2D eigenvalue weighted by Gasteiger charge is -2.11. The highest BCUT2D eigenvalue weighted by Crippen LogP contribution is 2.38. The van der Waals surface area contributed by atoms with E-state index < -0.39 is 11.7 Å². The Hall–Kier alpha value is -3.68. The molecule has 0 atom stereocenters. The zero-order valence-electron chi connectivity index (χ0n) is 16.7. The summed E-state index contributed by atoms with van der Waals surface area (Å²) in [5.74, 6) is -0.586. The van der Waals surface area contributed by atoms with Gasteiger partial charge in [0.2, 0.25) is 0 Å². The van der Waals surface area contributed by atoms with Gasteiger partial charge in [0.25, 0.3) is 5.91 Å². The van der Waals surface area contributed by atoms with Crippen LogP contribution in [0.4, 0.5) is 10.1 Å². The number of halogens is 1. The quantitative estimate of drug-likeness (QED) is 0.612. The van der Waals surface area contributed by atoms with E-state index in [1.807, 2.05) is 18.4 Å². The number of benzene rings is 1. The minimum Gasteiger partial charge on any atom is -0.318 e. The summed E-state index contributed by atoms with van der Waals surface area (Å²) in [6, 6.07) is 8.58. The van der Waals surface area contributed by atoms with Gasteiger partial charge in [0.15, 0.2) is 11.6 Å². The van der Waals surface area contributed by atoms with Crippen LogP contribution in [-0.2, 0) is 0 Å². The van der Waals surface area contributed by atoms with Crippen molar-refractivity contribution in [3.05, 3.63) is 66.1 Å². The summed E-state index contributed by atoms with van der Waals surface area (Å²) < 4.78 is 17.1. The average molecular weight is 404 g/mol. The summed E-state index contributed by atoms with van der Waals surface area (Å²) in [5.41, 5.74) is 2.25. The number of hydrogen-bond donors (Lipinski definition) is 1. The second kappa shape index (κ2) is 8.36. The third kappa shape index (κ3) is 4.03. The highest BCUT2D eigenvalue weighted by atomic mass is 19.1. The van der Waals surface area contributed by atoms with Crippen molar-refractivity contribution in [3.8, 4) is 11.4 Å². The number of carbonyl (C=O) groups excluding carboxylic acids is 1. The number of hydrogen-bond acceptors (Lipinski definition) is 5. The third-order valence-electron chi connectivity index (χ3n) is 4.87. The van der Waals surface area contributed by atoms with E-state index in [2.05, 4.69) is 25.5 Å². The molecule has 0 radical (unpaired) electrons. The van der Waals surface area contributed by atoms with Crippen molar-refractivity contribution in [2.45, 2.75) is 32.7 Å². The molecule has 1 amide bonds. The monoisotopic (exact) mass is 404 g/mol. The first-order valence-electron chi connectivity index (χ1n) is 9.69. The van der Waals surface area contributed by atoms with Crippen LogP contribution in [0.1, 0.15) is 48.8 Å². The SMILES string of the molecule is C/C=N\C=C(/C)c1ccnc(C(=O)Nc2cccc(-c3nncn3C3CC3)c2F)c1. The Bertz CT molecular complexity index is 1150. The lowest BCUT2D eigenvalue weighted by atomic mass is 10.1. The molecule has 0 spiro atoms. The predicted octanol–water partition coefficient (Wildman–Crippen LogP) is 4.52. The molecule has 4 rings (SSSR count). The molecule has 0 bridgehead atoms. The van der Waals surface area contributed by atoms with Gasteiger partial charge >= 0.3 is 0 Å². The molecule has 7 nitrogen and oxygen atoms in total. The minimum absolute atomic E-state index is 0.0675. The molecule has 2 heterocycles. The van der Waals surface area contributed by atoms with Crippen LogP contribution in [0, 0.1) is 5.82 Å². The maximum Gasteiger partial charge on any atom is 0.274 e. The van der Waals surface area contributed by atoms with Crippen LogP contribution in [0.3, 0.4) is 0 Å². The summed E-state index contributed by atoms with van der Waals surface area (Å²) in [4.78, 5) is 20.9. The van der Waals surface area contributed by atoms with Crippen molar-refractivity contribution in [1.82, 2.24) is 19.7 Å². The largest absolute Gasteiger partial charge is 0.318 e. The second-order valence-electron chi connectivity index (χ2n) is 7.06. The molecule has 1 aliphatic carbocycles. The molecule has 1 N–H and O–H groups in total. The molecule has 1 aromatic carbocycles. The van der Waals surface area contributed by atoms with Crippen molar-refractivity contribution in [2.24, 2.45) is 4.99 Å². The van der Waals surface area contributed by atoms with Gasteiger partial charge in [0.05, 0.1) is 11.3 Å². The number of anilines is 1. The second-order valence-corrected chi connectivity index (χ2v) is 7.06. The van der Waals surface area contributed by atoms with E-state index in [0.29, 0.717) is 17.4 Å². The molecule has 0 saturated heterocycles. The lowest BCUT2D eigenvalue weighted by molar-refractivity contribution is 0.102. The molecule has 0 aliphatic heterocycles. The van der Waals surface area contributed by atoms with Gasteiger partial charge in [-0.3, -0.25) is 14.8 Å². The highest BCUT2D eigenvalue weighted by molar-refractivity contribution is 6.03. The summed E-state index contributed by atoms with van der Waals surface area (Å²) in [5, 5.41) is 10.6. The number of aromatic nitrogens is 4. The van der Waals surface area contributed by atoms with Gasteiger partial charge in [-0.05, 0) is 62.1 Å². The molecular weight excluding hydrogens is 383 g/mol. The number of amides is 1. The maximum absolute atomic E-state index is 15.2. The Morgan fingerprint density at radius 2 is 2.17 bits per heavy atom. The van der Waals surface area contributed by atoms with Crippen LogP contribution in [0.5, 0.6) is 0 Å². The Morgan fingerprint density at radius 1 is 1.33 bits per heavy atom. The van der Waals surface area contributed by atoms with Gasteiger partial charge < -0.3 is 9.88 Å². The topological polar surface area (TPSA) is 85.1 Å². The highest BCUT2D eigenvalue weighted by Gasteiger charge is 2.28. The maximum atomic E-state index is 15.2. The summed E-state index contributed by atoms with van der Waals surface area (Å²) in [7, 11) is 0.